The van der Waals surface area contributed by atoms with Gasteiger partial charge in [-0.05, 0) is 35.5 Å². The summed E-state index contributed by atoms with van der Waals surface area (Å²) in [5.41, 5.74) is 3.20. The first-order chi connectivity index (χ1) is 8.54. The molecule has 1 aromatic carbocycles. The highest BCUT2D eigenvalue weighted by Gasteiger charge is 2.08. The predicted molar refractivity (Wildman–Crippen MR) is 75.5 cm³/mol. The van der Waals surface area contributed by atoms with Crippen LogP contribution in [0.4, 0.5) is 0 Å². The van der Waals surface area contributed by atoms with Gasteiger partial charge in [-0.2, -0.15) is 0 Å². The number of carboxylic acids is 1. The number of hydrogen-bond donors (Lipinski definition) is 1. The summed E-state index contributed by atoms with van der Waals surface area (Å²) in [6, 6.07) is 8.26. The fourth-order valence-electron chi connectivity index (χ4n) is 1.96. The lowest BCUT2D eigenvalue weighted by Crippen LogP contribution is -1.99. The molecule has 0 aliphatic heterocycles. The van der Waals surface area contributed by atoms with Gasteiger partial charge in [0.05, 0.1) is 0 Å². The van der Waals surface area contributed by atoms with Crippen LogP contribution in [0.25, 0.3) is 5.57 Å². The van der Waals surface area contributed by atoms with E-state index in [4.69, 9.17) is 5.11 Å². The van der Waals surface area contributed by atoms with Crippen LogP contribution in [0.5, 0.6) is 0 Å². The summed E-state index contributed by atoms with van der Waals surface area (Å²) in [4.78, 5) is 10.8. The number of carbonyl (C=O) groups is 1. The maximum absolute atomic E-state index is 10.8. The summed E-state index contributed by atoms with van der Waals surface area (Å²) < 4.78 is 0. The van der Waals surface area contributed by atoms with Gasteiger partial charge in [-0.15, -0.1) is 0 Å². The number of aryl methyl sites for hydroxylation is 1. The van der Waals surface area contributed by atoms with Gasteiger partial charge >= 0.3 is 5.97 Å². The van der Waals surface area contributed by atoms with Gasteiger partial charge < -0.3 is 5.11 Å². The third-order valence-electron chi connectivity index (χ3n) is 3.01. The van der Waals surface area contributed by atoms with E-state index < -0.39 is 5.97 Å². The number of hydrogen-bond acceptors (Lipinski definition) is 1. The summed E-state index contributed by atoms with van der Waals surface area (Å²) in [5, 5.41) is 8.89. The monoisotopic (exact) mass is 246 g/mol. The third-order valence-corrected chi connectivity index (χ3v) is 3.01. The topological polar surface area (TPSA) is 37.3 Å². The summed E-state index contributed by atoms with van der Waals surface area (Å²) in [5.74, 6) is -0.670. The molecule has 1 rings (SSSR count). The number of aliphatic carboxylic acids is 1. The highest BCUT2D eigenvalue weighted by Crippen LogP contribution is 2.23. The van der Waals surface area contributed by atoms with Crippen LogP contribution in [0, 0.1) is 5.92 Å². The Bertz CT molecular complexity index is 413. The van der Waals surface area contributed by atoms with E-state index in [1.54, 1.807) is 0 Å². The maximum Gasteiger partial charge on any atom is 0.328 e. The summed E-state index contributed by atoms with van der Waals surface area (Å²) in [6.07, 6.45) is 4.79. The molecule has 0 radical (unpaired) electrons. The van der Waals surface area contributed by atoms with E-state index >= 15 is 0 Å². The van der Waals surface area contributed by atoms with Crippen LogP contribution < -0.4 is 0 Å². The van der Waals surface area contributed by atoms with Crippen LogP contribution in [0.1, 0.15) is 44.7 Å². The van der Waals surface area contributed by atoms with Gasteiger partial charge in [0.25, 0.3) is 0 Å². The van der Waals surface area contributed by atoms with E-state index in [2.05, 4.69) is 19.1 Å². The summed E-state index contributed by atoms with van der Waals surface area (Å²) in [7, 11) is 0. The van der Waals surface area contributed by atoms with E-state index in [0.717, 1.165) is 17.6 Å². The van der Waals surface area contributed by atoms with Gasteiger partial charge in [0.2, 0.25) is 0 Å². The van der Waals surface area contributed by atoms with Gasteiger partial charge in [-0.1, -0.05) is 51.5 Å². The normalized spacial score (nSPS) is 11.9. The molecule has 0 saturated heterocycles. The number of allylic oxidation sites excluding steroid dienone is 1. The number of unbranched alkanes of at least 4 members (excludes halogenated alkanes) is 1. The lowest BCUT2D eigenvalue weighted by Gasteiger charge is -2.11. The Hall–Kier alpha value is -1.57. The van der Waals surface area contributed by atoms with Gasteiger partial charge in [0, 0.05) is 6.08 Å². The average Bonchev–Trinajstić information content (AvgIpc) is 2.34. The summed E-state index contributed by atoms with van der Waals surface area (Å²) >= 11 is 0. The largest absolute Gasteiger partial charge is 0.478 e. The molecular weight excluding hydrogens is 224 g/mol. The SMILES string of the molecule is CCCCc1ccc(/C(=C/C(=O)O)C(C)C)cc1. The highest BCUT2D eigenvalue weighted by atomic mass is 16.4. The van der Waals surface area contributed by atoms with Gasteiger partial charge in [0.15, 0.2) is 0 Å². The molecular formula is C16H22O2. The Labute approximate surface area is 109 Å². The molecule has 98 valence electrons. The zero-order chi connectivity index (χ0) is 13.5. The Kier molecular flexibility index (Phi) is 5.63. The lowest BCUT2D eigenvalue weighted by atomic mass is 9.93. The predicted octanol–water partition coefficient (Wildman–Crippen LogP) is 4.15. The van der Waals surface area contributed by atoms with Crippen LogP contribution >= 0.6 is 0 Å². The van der Waals surface area contributed by atoms with Crippen molar-refractivity contribution in [3.05, 3.63) is 41.5 Å². The van der Waals surface area contributed by atoms with E-state index in [9.17, 15) is 4.79 Å². The second kappa shape index (κ2) is 7.00. The van der Waals surface area contributed by atoms with Crippen LogP contribution in [0.3, 0.4) is 0 Å². The van der Waals surface area contributed by atoms with Gasteiger partial charge in [-0.25, -0.2) is 4.79 Å². The van der Waals surface area contributed by atoms with E-state index in [0.29, 0.717) is 0 Å². The van der Waals surface area contributed by atoms with Crippen molar-refractivity contribution in [2.24, 2.45) is 5.92 Å². The molecule has 2 nitrogen and oxygen atoms in total. The van der Waals surface area contributed by atoms with Crippen LogP contribution in [0.15, 0.2) is 30.3 Å². The lowest BCUT2D eigenvalue weighted by molar-refractivity contribution is -0.131. The molecule has 0 heterocycles. The van der Waals surface area contributed by atoms with Crippen LogP contribution in [0.2, 0.25) is 0 Å². The van der Waals surface area contributed by atoms with Crippen molar-refractivity contribution in [2.75, 3.05) is 0 Å². The zero-order valence-corrected chi connectivity index (χ0v) is 11.4. The van der Waals surface area contributed by atoms with Crippen molar-refractivity contribution in [1.29, 1.82) is 0 Å². The maximum atomic E-state index is 10.8. The minimum absolute atomic E-state index is 0.211. The third kappa shape index (κ3) is 4.36. The smallest absolute Gasteiger partial charge is 0.328 e. The molecule has 0 amide bonds. The fourth-order valence-corrected chi connectivity index (χ4v) is 1.96. The minimum atomic E-state index is -0.881. The molecule has 0 bridgehead atoms. The van der Waals surface area contributed by atoms with Crippen molar-refractivity contribution in [2.45, 2.75) is 40.0 Å². The first kappa shape index (κ1) is 14.5. The number of rotatable bonds is 6. The first-order valence-corrected chi connectivity index (χ1v) is 6.58. The highest BCUT2D eigenvalue weighted by molar-refractivity contribution is 5.90. The Balaban J connectivity index is 2.91. The first-order valence-electron chi connectivity index (χ1n) is 6.58. The number of carboxylic acid groups (broad SMARTS) is 1. The molecule has 2 heteroatoms. The standard InChI is InChI=1S/C16H22O2/c1-4-5-6-13-7-9-14(10-8-13)15(12(2)3)11-16(17)18/h7-12H,4-6H2,1-3H3,(H,17,18)/b15-11+. The molecule has 0 spiro atoms. The quantitative estimate of drug-likeness (QED) is 0.765. The van der Waals surface area contributed by atoms with E-state index in [1.807, 2.05) is 26.0 Å². The average molecular weight is 246 g/mol. The van der Waals surface area contributed by atoms with Crippen LogP contribution in [-0.4, -0.2) is 11.1 Å². The van der Waals surface area contributed by atoms with Crippen LogP contribution in [-0.2, 0) is 11.2 Å². The molecule has 0 aliphatic carbocycles. The molecule has 0 fully saturated rings. The molecule has 0 aromatic heterocycles. The Morgan fingerprint density at radius 3 is 2.33 bits per heavy atom. The molecule has 18 heavy (non-hydrogen) atoms. The molecule has 0 atom stereocenters. The van der Waals surface area contributed by atoms with E-state index in [-0.39, 0.29) is 5.92 Å². The van der Waals surface area contributed by atoms with Gasteiger partial charge in [-0.3, -0.25) is 0 Å². The summed E-state index contributed by atoms with van der Waals surface area (Å²) in [6.45, 7) is 6.21. The van der Waals surface area contributed by atoms with Crippen molar-refractivity contribution < 1.29 is 9.90 Å². The Morgan fingerprint density at radius 1 is 1.28 bits per heavy atom. The van der Waals surface area contributed by atoms with Gasteiger partial charge in [0.1, 0.15) is 0 Å². The molecule has 1 N–H and O–H groups in total. The van der Waals surface area contributed by atoms with Crippen molar-refractivity contribution in [3.63, 3.8) is 0 Å². The van der Waals surface area contributed by atoms with Crippen molar-refractivity contribution in [3.8, 4) is 0 Å². The second-order valence-corrected chi connectivity index (χ2v) is 4.89. The van der Waals surface area contributed by atoms with Crippen molar-refractivity contribution >= 4 is 11.5 Å². The zero-order valence-electron chi connectivity index (χ0n) is 11.4. The number of benzene rings is 1. The van der Waals surface area contributed by atoms with Crippen molar-refractivity contribution in [1.82, 2.24) is 0 Å². The Morgan fingerprint density at radius 2 is 1.89 bits per heavy atom. The molecule has 0 unspecified atom stereocenters. The minimum Gasteiger partial charge on any atom is -0.478 e. The molecule has 0 saturated carbocycles. The fraction of sp³-hybridized carbons (Fsp3) is 0.438. The second-order valence-electron chi connectivity index (χ2n) is 4.89. The molecule has 1 aromatic rings. The van der Waals surface area contributed by atoms with E-state index in [1.165, 1.54) is 24.5 Å². The molecule has 0 aliphatic rings.